The van der Waals surface area contributed by atoms with Gasteiger partial charge in [0, 0.05) is 18.4 Å². The summed E-state index contributed by atoms with van der Waals surface area (Å²) in [6.07, 6.45) is 3.69. The van der Waals surface area contributed by atoms with Crippen LogP contribution in [0.1, 0.15) is 12.6 Å². The number of rotatable bonds is 5. The molecular formula is C13H16ClN3O. The van der Waals surface area contributed by atoms with Gasteiger partial charge in [-0.1, -0.05) is 11.6 Å². The van der Waals surface area contributed by atoms with Gasteiger partial charge in [0.05, 0.1) is 30.7 Å². The highest BCUT2D eigenvalue weighted by Gasteiger charge is 2.03. The number of hydrogen-bond acceptors (Lipinski definition) is 3. The Hall–Kier alpha value is -1.68. The second-order valence-electron chi connectivity index (χ2n) is 3.87. The van der Waals surface area contributed by atoms with Crippen LogP contribution in [0.15, 0.2) is 30.7 Å². The Bertz CT molecular complexity index is 525. The fourth-order valence-corrected chi connectivity index (χ4v) is 2.01. The van der Waals surface area contributed by atoms with Gasteiger partial charge < -0.3 is 14.6 Å². The van der Waals surface area contributed by atoms with E-state index in [4.69, 9.17) is 16.3 Å². The average Bonchev–Trinajstić information content (AvgIpc) is 2.84. The molecule has 2 aromatic rings. The molecule has 96 valence electrons. The van der Waals surface area contributed by atoms with Gasteiger partial charge in [0.2, 0.25) is 0 Å². The minimum Gasteiger partial charge on any atom is -0.495 e. The van der Waals surface area contributed by atoms with Crippen molar-refractivity contribution in [2.24, 2.45) is 0 Å². The summed E-state index contributed by atoms with van der Waals surface area (Å²) in [5.41, 5.74) is 2.11. The molecule has 1 N–H and O–H groups in total. The first-order valence-corrected chi connectivity index (χ1v) is 6.18. The van der Waals surface area contributed by atoms with E-state index in [1.54, 1.807) is 7.11 Å². The second-order valence-corrected chi connectivity index (χ2v) is 4.28. The lowest BCUT2D eigenvalue weighted by Gasteiger charge is -2.10. The van der Waals surface area contributed by atoms with E-state index >= 15 is 0 Å². The third-order valence-corrected chi connectivity index (χ3v) is 3.06. The molecule has 0 bridgehead atoms. The fraction of sp³-hybridized carbons (Fsp3) is 0.308. The first-order chi connectivity index (χ1) is 8.74. The average molecular weight is 266 g/mol. The fourth-order valence-electron chi connectivity index (χ4n) is 1.75. The van der Waals surface area contributed by atoms with E-state index in [0.29, 0.717) is 10.8 Å². The standard InChI is InChI=1S/C13H16ClN3O/c1-3-17-9-15-7-11(17)8-16-10-4-5-13(18-2)12(14)6-10/h4-7,9,16H,3,8H2,1-2H3. The third-order valence-electron chi connectivity index (χ3n) is 2.76. The van der Waals surface area contributed by atoms with Crippen molar-refractivity contribution in [3.8, 4) is 5.75 Å². The molecule has 1 heterocycles. The van der Waals surface area contributed by atoms with Crippen LogP contribution in [-0.4, -0.2) is 16.7 Å². The Balaban J connectivity index is 2.04. The van der Waals surface area contributed by atoms with E-state index in [1.165, 1.54) is 0 Å². The summed E-state index contributed by atoms with van der Waals surface area (Å²) in [5.74, 6) is 0.681. The van der Waals surface area contributed by atoms with Crippen LogP contribution in [0.4, 0.5) is 5.69 Å². The van der Waals surface area contributed by atoms with Crippen molar-refractivity contribution in [2.75, 3.05) is 12.4 Å². The minimum absolute atomic E-state index is 0.603. The van der Waals surface area contributed by atoms with E-state index in [1.807, 2.05) is 30.7 Å². The number of ether oxygens (including phenoxy) is 1. The Kier molecular flexibility index (Phi) is 4.10. The normalized spacial score (nSPS) is 10.4. The molecule has 0 atom stereocenters. The molecular weight excluding hydrogens is 250 g/mol. The van der Waals surface area contributed by atoms with Gasteiger partial charge in [0.25, 0.3) is 0 Å². The van der Waals surface area contributed by atoms with Crippen LogP contribution >= 0.6 is 11.6 Å². The molecule has 1 aromatic heterocycles. The number of methoxy groups -OCH3 is 1. The first kappa shape index (κ1) is 12.8. The van der Waals surface area contributed by atoms with Crippen molar-refractivity contribution < 1.29 is 4.74 Å². The molecule has 18 heavy (non-hydrogen) atoms. The minimum atomic E-state index is 0.603. The summed E-state index contributed by atoms with van der Waals surface area (Å²) >= 11 is 6.07. The molecule has 0 amide bonds. The largest absolute Gasteiger partial charge is 0.495 e. The maximum atomic E-state index is 6.07. The van der Waals surface area contributed by atoms with E-state index in [0.717, 1.165) is 24.5 Å². The van der Waals surface area contributed by atoms with Crippen molar-refractivity contribution in [1.82, 2.24) is 9.55 Å². The van der Waals surface area contributed by atoms with Gasteiger partial charge in [-0.15, -0.1) is 0 Å². The Morgan fingerprint density at radius 2 is 2.28 bits per heavy atom. The van der Waals surface area contributed by atoms with Crippen LogP contribution in [0, 0.1) is 0 Å². The number of nitrogens with zero attached hydrogens (tertiary/aromatic N) is 2. The quantitative estimate of drug-likeness (QED) is 0.903. The van der Waals surface area contributed by atoms with Gasteiger partial charge in [-0.25, -0.2) is 4.98 Å². The van der Waals surface area contributed by atoms with Gasteiger partial charge in [-0.2, -0.15) is 0 Å². The molecule has 0 unspecified atom stereocenters. The summed E-state index contributed by atoms with van der Waals surface area (Å²) in [6, 6.07) is 5.65. The number of aryl methyl sites for hydroxylation is 1. The zero-order valence-corrected chi connectivity index (χ0v) is 11.2. The Morgan fingerprint density at radius 1 is 1.44 bits per heavy atom. The summed E-state index contributed by atoms with van der Waals surface area (Å²) in [4.78, 5) is 4.13. The topological polar surface area (TPSA) is 39.1 Å². The summed E-state index contributed by atoms with van der Waals surface area (Å²) in [6.45, 7) is 3.73. The smallest absolute Gasteiger partial charge is 0.137 e. The molecule has 0 aliphatic heterocycles. The van der Waals surface area contributed by atoms with Gasteiger partial charge in [0.1, 0.15) is 5.75 Å². The van der Waals surface area contributed by atoms with Crippen LogP contribution in [0.25, 0.3) is 0 Å². The first-order valence-electron chi connectivity index (χ1n) is 5.81. The number of imidazole rings is 1. The Morgan fingerprint density at radius 3 is 2.94 bits per heavy atom. The molecule has 0 saturated heterocycles. The highest BCUT2D eigenvalue weighted by molar-refractivity contribution is 6.32. The SMILES string of the molecule is CCn1cncc1CNc1ccc(OC)c(Cl)c1. The lowest BCUT2D eigenvalue weighted by molar-refractivity contribution is 0.415. The Labute approximate surface area is 112 Å². The van der Waals surface area contributed by atoms with Gasteiger partial charge >= 0.3 is 0 Å². The third kappa shape index (κ3) is 2.76. The molecule has 0 spiro atoms. The van der Waals surface area contributed by atoms with E-state index in [2.05, 4.69) is 21.8 Å². The molecule has 0 radical (unpaired) electrons. The van der Waals surface area contributed by atoms with Gasteiger partial charge in [-0.05, 0) is 25.1 Å². The van der Waals surface area contributed by atoms with Crippen LogP contribution in [0.3, 0.4) is 0 Å². The molecule has 0 aliphatic rings. The molecule has 1 aromatic carbocycles. The van der Waals surface area contributed by atoms with Gasteiger partial charge in [-0.3, -0.25) is 0 Å². The molecule has 4 nitrogen and oxygen atoms in total. The van der Waals surface area contributed by atoms with Crippen molar-refractivity contribution in [3.63, 3.8) is 0 Å². The summed E-state index contributed by atoms with van der Waals surface area (Å²) in [7, 11) is 1.61. The molecule has 0 fully saturated rings. The number of hydrogen-bond donors (Lipinski definition) is 1. The van der Waals surface area contributed by atoms with Gasteiger partial charge in [0.15, 0.2) is 0 Å². The van der Waals surface area contributed by atoms with E-state index in [-0.39, 0.29) is 0 Å². The molecule has 0 aliphatic carbocycles. The zero-order chi connectivity index (χ0) is 13.0. The van der Waals surface area contributed by atoms with Crippen LogP contribution in [-0.2, 0) is 13.1 Å². The molecule has 2 rings (SSSR count). The zero-order valence-electron chi connectivity index (χ0n) is 10.5. The van der Waals surface area contributed by atoms with E-state index in [9.17, 15) is 0 Å². The van der Waals surface area contributed by atoms with Crippen molar-refractivity contribution in [1.29, 1.82) is 0 Å². The lowest BCUT2D eigenvalue weighted by atomic mass is 10.3. The predicted molar refractivity (Wildman–Crippen MR) is 73.2 cm³/mol. The summed E-state index contributed by atoms with van der Waals surface area (Å²) in [5, 5.41) is 3.92. The number of halogens is 1. The highest BCUT2D eigenvalue weighted by Crippen LogP contribution is 2.27. The van der Waals surface area contributed by atoms with Crippen molar-refractivity contribution in [2.45, 2.75) is 20.0 Å². The van der Waals surface area contributed by atoms with Crippen LogP contribution in [0.2, 0.25) is 5.02 Å². The maximum absolute atomic E-state index is 6.07. The number of nitrogens with one attached hydrogen (secondary N) is 1. The van der Waals surface area contributed by atoms with Crippen LogP contribution < -0.4 is 10.1 Å². The number of aromatic nitrogens is 2. The lowest BCUT2D eigenvalue weighted by Crippen LogP contribution is -2.05. The van der Waals surface area contributed by atoms with Crippen LogP contribution in [0.5, 0.6) is 5.75 Å². The van der Waals surface area contributed by atoms with Crippen molar-refractivity contribution in [3.05, 3.63) is 41.4 Å². The monoisotopic (exact) mass is 265 g/mol. The predicted octanol–water partition coefficient (Wildman–Crippen LogP) is 3.18. The molecule has 0 saturated carbocycles. The van der Waals surface area contributed by atoms with E-state index < -0.39 is 0 Å². The second kappa shape index (κ2) is 5.78. The maximum Gasteiger partial charge on any atom is 0.137 e. The molecule has 5 heteroatoms. The number of benzene rings is 1. The van der Waals surface area contributed by atoms with Crippen molar-refractivity contribution >= 4 is 17.3 Å². The summed E-state index contributed by atoms with van der Waals surface area (Å²) < 4.78 is 7.21. The highest BCUT2D eigenvalue weighted by atomic mass is 35.5. The number of anilines is 1.